The number of nitrogens with one attached hydrogen (secondary N) is 1. The SMILES string of the molecule is C=CC(=O)N1CCC(NC(=O)c2ncnc(N)c2-c2ccc(Oc3ccccc3)cc2)CC1. The van der Waals surface area contributed by atoms with E-state index in [0.29, 0.717) is 42.8 Å². The van der Waals surface area contributed by atoms with Gasteiger partial charge in [-0.1, -0.05) is 36.9 Å². The van der Waals surface area contributed by atoms with Crippen LogP contribution in [0.15, 0.2) is 73.6 Å². The molecule has 168 valence electrons. The molecule has 2 aromatic carbocycles. The number of nitrogen functional groups attached to an aromatic ring is 1. The lowest BCUT2D eigenvalue weighted by Crippen LogP contribution is -2.46. The standard InChI is InChI=1S/C25H25N5O3/c1-2-21(31)30-14-12-18(13-15-30)29-25(32)23-22(24(26)28-16-27-23)17-8-10-20(11-9-17)33-19-6-4-3-5-7-19/h2-11,16,18H,1,12-15H2,(H,29,32)(H2,26,27,28). The van der Waals surface area contributed by atoms with Gasteiger partial charge in [-0.15, -0.1) is 0 Å². The smallest absolute Gasteiger partial charge is 0.270 e. The van der Waals surface area contributed by atoms with Gasteiger partial charge in [0.25, 0.3) is 5.91 Å². The monoisotopic (exact) mass is 443 g/mol. The van der Waals surface area contributed by atoms with Crippen molar-refractivity contribution in [2.75, 3.05) is 18.8 Å². The first-order valence-corrected chi connectivity index (χ1v) is 10.7. The van der Waals surface area contributed by atoms with Crippen LogP contribution in [0.25, 0.3) is 11.1 Å². The minimum absolute atomic E-state index is 0.0583. The topological polar surface area (TPSA) is 110 Å². The van der Waals surface area contributed by atoms with Crippen molar-refractivity contribution in [3.63, 3.8) is 0 Å². The molecule has 1 fully saturated rings. The van der Waals surface area contributed by atoms with Gasteiger partial charge in [0.05, 0.1) is 5.56 Å². The van der Waals surface area contributed by atoms with Crippen LogP contribution in [0.1, 0.15) is 23.3 Å². The summed E-state index contributed by atoms with van der Waals surface area (Å²) in [6.07, 6.45) is 3.91. The first-order valence-electron chi connectivity index (χ1n) is 10.7. The van der Waals surface area contributed by atoms with Gasteiger partial charge in [-0.25, -0.2) is 9.97 Å². The third kappa shape index (κ3) is 5.17. The molecule has 0 atom stereocenters. The van der Waals surface area contributed by atoms with Crippen molar-refractivity contribution < 1.29 is 14.3 Å². The van der Waals surface area contributed by atoms with Crippen molar-refractivity contribution in [2.45, 2.75) is 18.9 Å². The Labute approximate surface area is 192 Å². The maximum absolute atomic E-state index is 13.1. The molecule has 2 amide bonds. The summed E-state index contributed by atoms with van der Waals surface area (Å²) in [4.78, 5) is 34.8. The van der Waals surface area contributed by atoms with Gasteiger partial charge in [-0.05, 0) is 48.7 Å². The Morgan fingerprint density at radius 1 is 1.03 bits per heavy atom. The normalized spacial score (nSPS) is 13.9. The van der Waals surface area contributed by atoms with Gasteiger partial charge in [-0.2, -0.15) is 0 Å². The maximum Gasteiger partial charge on any atom is 0.270 e. The molecule has 8 heteroatoms. The minimum Gasteiger partial charge on any atom is -0.457 e. The number of nitrogens with zero attached hydrogens (tertiary/aromatic N) is 3. The van der Waals surface area contributed by atoms with Crippen LogP contribution in [0.2, 0.25) is 0 Å². The van der Waals surface area contributed by atoms with E-state index in [1.54, 1.807) is 4.90 Å². The Morgan fingerprint density at radius 3 is 2.36 bits per heavy atom. The van der Waals surface area contributed by atoms with Crippen LogP contribution in [0, 0.1) is 0 Å². The Morgan fingerprint density at radius 2 is 1.70 bits per heavy atom. The van der Waals surface area contributed by atoms with E-state index in [0.717, 1.165) is 5.75 Å². The number of anilines is 1. The highest BCUT2D eigenvalue weighted by Gasteiger charge is 2.25. The molecule has 4 rings (SSSR count). The van der Waals surface area contributed by atoms with Gasteiger partial charge in [0.2, 0.25) is 5.91 Å². The molecule has 0 aliphatic carbocycles. The number of piperidine rings is 1. The lowest BCUT2D eigenvalue weighted by atomic mass is 10.0. The predicted molar refractivity (Wildman–Crippen MR) is 126 cm³/mol. The van der Waals surface area contributed by atoms with E-state index in [9.17, 15) is 9.59 Å². The van der Waals surface area contributed by atoms with Gasteiger partial charge in [0.15, 0.2) is 0 Å². The van der Waals surface area contributed by atoms with Crippen molar-refractivity contribution in [3.8, 4) is 22.6 Å². The van der Waals surface area contributed by atoms with Crippen LogP contribution in [-0.2, 0) is 4.79 Å². The molecule has 1 aliphatic heterocycles. The van der Waals surface area contributed by atoms with E-state index in [1.165, 1.54) is 12.4 Å². The van der Waals surface area contributed by atoms with Gasteiger partial charge in [0, 0.05) is 19.1 Å². The summed E-state index contributed by atoms with van der Waals surface area (Å²) in [5.74, 6) is 1.20. The molecule has 1 aromatic heterocycles. The van der Waals surface area contributed by atoms with Crippen molar-refractivity contribution in [1.82, 2.24) is 20.2 Å². The molecule has 8 nitrogen and oxygen atoms in total. The molecule has 0 saturated carbocycles. The summed E-state index contributed by atoms with van der Waals surface area (Å²) < 4.78 is 5.84. The number of amides is 2. The van der Waals surface area contributed by atoms with E-state index < -0.39 is 0 Å². The number of benzene rings is 2. The van der Waals surface area contributed by atoms with E-state index in [-0.39, 0.29) is 29.4 Å². The fourth-order valence-corrected chi connectivity index (χ4v) is 3.80. The maximum atomic E-state index is 13.1. The highest BCUT2D eigenvalue weighted by molar-refractivity contribution is 6.01. The average Bonchev–Trinajstić information content (AvgIpc) is 2.85. The highest BCUT2D eigenvalue weighted by atomic mass is 16.5. The van der Waals surface area contributed by atoms with Crippen molar-refractivity contribution >= 4 is 17.6 Å². The molecular weight excluding hydrogens is 418 g/mol. The fraction of sp³-hybridized carbons (Fsp3) is 0.200. The molecule has 33 heavy (non-hydrogen) atoms. The molecular formula is C25H25N5O3. The van der Waals surface area contributed by atoms with E-state index in [1.807, 2.05) is 54.6 Å². The summed E-state index contributed by atoms with van der Waals surface area (Å²) in [6.45, 7) is 4.65. The third-order valence-electron chi connectivity index (χ3n) is 5.53. The lowest BCUT2D eigenvalue weighted by molar-refractivity contribution is -0.127. The van der Waals surface area contributed by atoms with Gasteiger partial charge >= 0.3 is 0 Å². The zero-order chi connectivity index (χ0) is 23.2. The summed E-state index contributed by atoms with van der Waals surface area (Å²) in [5.41, 5.74) is 7.53. The highest BCUT2D eigenvalue weighted by Crippen LogP contribution is 2.30. The second kappa shape index (κ2) is 9.95. The van der Waals surface area contributed by atoms with Crippen molar-refractivity contribution in [3.05, 3.63) is 79.3 Å². The molecule has 1 aliphatic rings. The number of carbonyl (C=O) groups is 2. The number of carbonyl (C=O) groups excluding carboxylic acids is 2. The summed E-state index contributed by atoms with van der Waals surface area (Å²) in [7, 11) is 0. The Balaban J connectivity index is 1.49. The largest absolute Gasteiger partial charge is 0.457 e. The molecule has 0 spiro atoms. The predicted octanol–water partition coefficient (Wildman–Crippen LogP) is 3.42. The number of ether oxygens (including phenoxy) is 1. The zero-order valence-electron chi connectivity index (χ0n) is 18.1. The van der Waals surface area contributed by atoms with E-state index >= 15 is 0 Å². The molecule has 0 bridgehead atoms. The van der Waals surface area contributed by atoms with Gasteiger partial charge in [0.1, 0.15) is 29.3 Å². The second-order valence-corrected chi connectivity index (χ2v) is 7.70. The summed E-state index contributed by atoms with van der Waals surface area (Å²) >= 11 is 0. The number of para-hydroxylation sites is 1. The quantitative estimate of drug-likeness (QED) is 0.565. The Hall–Kier alpha value is -4.20. The number of hydrogen-bond acceptors (Lipinski definition) is 6. The number of rotatable bonds is 6. The van der Waals surface area contributed by atoms with Crippen molar-refractivity contribution in [2.24, 2.45) is 0 Å². The molecule has 3 aromatic rings. The van der Waals surface area contributed by atoms with Crippen LogP contribution in [-0.4, -0.2) is 45.8 Å². The van der Waals surface area contributed by atoms with Crippen LogP contribution in [0.4, 0.5) is 5.82 Å². The Kier molecular flexibility index (Phi) is 6.64. The van der Waals surface area contributed by atoms with Crippen LogP contribution >= 0.6 is 0 Å². The molecule has 3 N–H and O–H groups in total. The third-order valence-corrected chi connectivity index (χ3v) is 5.53. The zero-order valence-corrected chi connectivity index (χ0v) is 18.1. The lowest BCUT2D eigenvalue weighted by Gasteiger charge is -2.31. The number of likely N-dealkylation sites (tertiary alicyclic amines) is 1. The second-order valence-electron chi connectivity index (χ2n) is 7.70. The summed E-state index contributed by atoms with van der Waals surface area (Å²) in [6, 6.07) is 16.7. The molecule has 1 saturated heterocycles. The van der Waals surface area contributed by atoms with Gasteiger partial charge < -0.3 is 20.7 Å². The number of hydrogen-bond donors (Lipinski definition) is 2. The number of nitrogens with two attached hydrogens (primary N) is 1. The fourth-order valence-electron chi connectivity index (χ4n) is 3.80. The first-order chi connectivity index (χ1) is 16.0. The van der Waals surface area contributed by atoms with Gasteiger partial charge in [-0.3, -0.25) is 9.59 Å². The van der Waals surface area contributed by atoms with E-state index in [4.69, 9.17) is 10.5 Å². The average molecular weight is 444 g/mol. The van der Waals surface area contributed by atoms with E-state index in [2.05, 4.69) is 21.9 Å². The first kappa shape index (κ1) is 22.0. The molecule has 0 radical (unpaired) electrons. The van der Waals surface area contributed by atoms with Crippen LogP contribution < -0.4 is 15.8 Å². The number of aromatic nitrogens is 2. The van der Waals surface area contributed by atoms with Crippen LogP contribution in [0.3, 0.4) is 0 Å². The van der Waals surface area contributed by atoms with Crippen LogP contribution in [0.5, 0.6) is 11.5 Å². The Bertz CT molecular complexity index is 1140. The molecule has 0 unspecified atom stereocenters. The molecule has 2 heterocycles. The van der Waals surface area contributed by atoms with Crippen molar-refractivity contribution in [1.29, 1.82) is 0 Å². The summed E-state index contributed by atoms with van der Waals surface area (Å²) in [5, 5.41) is 3.02. The minimum atomic E-state index is -0.322.